The van der Waals surface area contributed by atoms with Crippen molar-refractivity contribution in [3.05, 3.63) is 29.8 Å². The Labute approximate surface area is 139 Å². The van der Waals surface area contributed by atoms with Gasteiger partial charge in [0.1, 0.15) is 5.75 Å². The molecule has 3 rings (SSSR count). The summed E-state index contributed by atoms with van der Waals surface area (Å²) in [7, 11) is 0. The zero-order valence-electron chi connectivity index (χ0n) is 13.9. The van der Waals surface area contributed by atoms with Gasteiger partial charge in [-0.25, -0.2) is 0 Å². The second kappa shape index (κ2) is 7.82. The van der Waals surface area contributed by atoms with E-state index in [1.165, 1.54) is 31.2 Å². The lowest BCUT2D eigenvalue weighted by Crippen LogP contribution is -2.36. The Hall–Kier alpha value is -1.55. The van der Waals surface area contributed by atoms with Crippen molar-refractivity contribution < 1.29 is 9.53 Å². The van der Waals surface area contributed by atoms with Crippen molar-refractivity contribution in [1.29, 1.82) is 0 Å². The van der Waals surface area contributed by atoms with Gasteiger partial charge in [0.25, 0.3) is 0 Å². The van der Waals surface area contributed by atoms with Crippen molar-refractivity contribution >= 4 is 5.91 Å². The number of piperidine rings is 1. The highest BCUT2D eigenvalue weighted by atomic mass is 16.5. The minimum Gasteiger partial charge on any atom is -0.490 e. The zero-order chi connectivity index (χ0) is 16.1. The largest absolute Gasteiger partial charge is 0.490 e. The molecule has 2 N–H and O–H groups in total. The van der Waals surface area contributed by atoms with Crippen LogP contribution in [0.3, 0.4) is 0 Å². The molecule has 1 aliphatic heterocycles. The Morgan fingerprint density at radius 1 is 1.22 bits per heavy atom. The predicted octanol–water partition coefficient (Wildman–Crippen LogP) is 3.10. The van der Waals surface area contributed by atoms with Crippen LogP contribution in [0, 0.1) is 5.92 Å². The molecule has 2 aliphatic rings. The third-order valence-corrected chi connectivity index (χ3v) is 5.00. The van der Waals surface area contributed by atoms with E-state index in [1.807, 2.05) is 0 Å². The van der Waals surface area contributed by atoms with E-state index in [9.17, 15) is 4.79 Å². The number of rotatable bonds is 6. The smallest absolute Gasteiger partial charge is 0.217 e. The number of nitrogens with zero attached hydrogens (tertiary/aromatic N) is 1. The van der Waals surface area contributed by atoms with Gasteiger partial charge in [-0.1, -0.05) is 12.1 Å². The van der Waals surface area contributed by atoms with Gasteiger partial charge in [0.05, 0.1) is 6.10 Å². The van der Waals surface area contributed by atoms with E-state index < -0.39 is 0 Å². The van der Waals surface area contributed by atoms with Crippen LogP contribution in [0.5, 0.6) is 5.75 Å². The number of hydrogen-bond donors (Lipinski definition) is 1. The van der Waals surface area contributed by atoms with Crippen LogP contribution in [0.2, 0.25) is 0 Å². The molecule has 126 valence electrons. The molecule has 2 fully saturated rings. The Morgan fingerprint density at radius 2 is 2.04 bits per heavy atom. The van der Waals surface area contributed by atoms with Gasteiger partial charge in [-0.05, 0) is 68.7 Å². The van der Waals surface area contributed by atoms with Gasteiger partial charge in [0.2, 0.25) is 5.91 Å². The molecular formula is C19H28N2O2. The lowest BCUT2D eigenvalue weighted by Gasteiger charge is -2.32. The third kappa shape index (κ3) is 4.96. The van der Waals surface area contributed by atoms with Gasteiger partial charge in [-0.15, -0.1) is 0 Å². The Kier molecular flexibility index (Phi) is 5.55. The van der Waals surface area contributed by atoms with Gasteiger partial charge in [-0.2, -0.15) is 0 Å². The number of benzene rings is 1. The van der Waals surface area contributed by atoms with Crippen LogP contribution in [0.15, 0.2) is 24.3 Å². The second-order valence-electron chi connectivity index (χ2n) is 7.09. The quantitative estimate of drug-likeness (QED) is 0.877. The van der Waals surface area contributed by atoms with Crippen LogP contribution in [-0.4, -0.2) is 30.0 Å². The molecule has 0 radical (unpaired) electrons. The fourth-order valence-electron chi connectivity index (χ4n) is 3.92. The Morgan fingerprint density at radius 3 is 2.83 bits per heavy atom. The number of amides is 1. The second-order valence-corrected chi connectivity index (χ2v) is 7.09. The van der Waals surface area contributed by atoms with Crippen LogP contribution in [0.4, 0.5) is 0 Å². The normalized spacial score (nSPS) is 23.0. The molecule has 0 spiro atoms. The average molecular weight is 316 g/mol. The van der Waals surface area contributed by atoms with Crippen LogP contribution in [0.1, 0.15) is 50.5 Å². The van der Waals surface area contributed by atoms with E-state index >= 15 is 0 Å². The van der Waals surface area contributed by atoms with E-state index in [4.69, 9.17) is 10.5 Å². The number of likely N-dealkylation sites (tertiary alicyclic amines) is 1. The first-order valence-electron chi connectivity index (χ1n) is 8.95. The van der Waals surface area contributed by atoms with E-state index in [2.05, 4.69) is 29.2 Å². The standard InChI is InChI=1S/C19H28N2O2/c20-19(22)12-16-6-4-10-21(14-16)13-15-5-3-9-18(11-15)23-17-7-1-2-8-17/h3,5,9,11,16-17H,1-2,4,6-8,10,12-14H2,(H2,20,22). The SMILES string of the molecule is NC(=O)CC1CCCN(Cc2cccc(OC3CCCC3)c2)C1. The van der Waals surface area contributed by atoms with Crippen LogP contribution in [0.25, 0.3) is 0 Å². The van der Waals surface area contributed by atoms with E-state index in [0.717, 1.165) is 38.2 Å². The number of carbonyl (C=O) groups excluding carboxylic acids is 1. The number of nitrogens with two attached hydrogens (primary N) is 1. The number of carbonyl (C=O) groups is 1. The summed E-state index contributed by atoms with van der Waals surface area (Å²) >= 11 is 0. The topological polar surface area (TPSA) is 55.6 Å². The number of hydrogen-bond acceptors (Lipinski definition) is 3. The molecule has 1 saturated heterocycles. The molecule has 0 bridgehead atoms. The molecule has 1 amide bonds. The summed E-state index contributed by atoms with van der Waals surface area (Å²) in [6.45, 7) is 3.00. The Bertz CT molecular complexity index is 526. The van der Waals surface area contributed by atoms with E-state index in [1.54, 1.807) is 0 Å². The van der Waals surface area contributed by atoms with Crippen molar-refractivity contribution in [2.24, 2.45) is 11.7 Å². The molecule has 1 aromatic carbocycles. The average Bonchev–Trinajstić information content (AvgIpc) is 3.00. The lowest BCUT2D eigenvalue weighted by atomic mass is 9.94. The van der Waals surface area contributed by atoms with Crippen molar-refractivity contribution in [3.63, 3.8) is 0 Å². The van der Waals surface area contributed by atoms with Gasteiger partial charge in [0.15, 0.2) is 0 Å². The minimum atomic E-state index is -0.177. The first kappa shape index (κ1) is 16.3. The highest BCUT2D eigenvalue weighted by Crippen LogP contribution is 2.26. The summed E-state index contributed by atoms with van der Waals surface area (Å²) in [4.78, 5) is 13.6. The molecule has 0 aromatic heterocycles. The highest BCUT2D eigenvalue weighted by molar-refractivity contribution is 5.74. The van der Waals surface area contributed by atoms with Gasteiger partial charge < -0.3 is 10.5 Å². The summed E-state index contributed by atoms with van der Waals surface area (Å²) in [5.41, 5.74) is 6.64. The Balaban J connectivity index is 1.55. The maximum Gasteiger partial charge on any atom is 0.217 e. The molecule has 1 atom stereocenters. The first-order valence-corrected chi connectivity index (χ1v) is 8.95. The first-order chi connectivity index (χ1) is 11.2. The molecule has 1 unspecified atom stereocenters. The summed E-state index contributed by atoms with van der Waals surface area (Å²) in [5, 5.41) is 0. The molecule has 4 heteroatoms. The van der Waals surface area contributed by atoms with Crippen molar-refractivity contribution in [3.8, 4) is 5.75 Å². The zero-order valence-corrected chi connectivity index (χ0v) is 13.9. The number of primary amides is 1. The fourth-order valence-corrected chi connectivity index (χ4v) is 3.92. The van der Waals surface area contributed by atoms with Crippen molar-refractivity contribution in [1.82, 2.24) is 4.90 Å². The maximum absolute atomic E-state index is 11.1. The van der Waals surface area contributed by atoms with Gasteiger partial charge >= 0.3 is 0 Å². The monoisotopic (exact) mass is 316 g/mol. The summed E-state index contributed by atoms with van der Waals surface area (Å²) in [6.07, 6.45) is 8.14. The van der Waals surface area contributed by atoms with Crippen LogP contribution >= 0.6 is 0 Å². The molecule has 1 heterocycles. The number of ether oxygens (including phenoxy) is 1. The highest BCUT2D eigenvalue weighted by Gasteiger charge is 2.21. The summed E-state index contributed by atoms with van der Waals surface area (Å²) < 4.78 is 6.10. The summed E-state index contributed by atoms with van der Waals surface area (Å²) in [6, 6.07) is 8.49. The molecular weight excluding hydrogens is 288 g/mol. The third-order valence-electron chi connectivity index (χ3n) is 5.00. The van der Waals surface area contributed by atoms with Crippen LogP contribution in [-0.2, 0) is 11.3 Å². The van der Waals surface area contributed by atoms with Crippen LogP contribution < -0.4 is 10.5 Å². The van der Waals surface area contributed by atoms with Gasteiger partial charge in [-0.3, -0.25) is 9.69 Å². The summed E-state index contributed by atoms with van der Waals surface area (Å²) in [5.74, 6) is 1.24. The van der Waals surface area contributed by atoms with E-state index in [-0.39, 0.29) is 5.91 Å². The molecule has 23 heavy (non-hydrogen) atoms. The predicted molar refractivity (Wildman–Crippen MR) is 91.1 cm³/mol. The van der Waals surface area contributed by atoms with Crippen molar-refractivity contribution in [2.45, 2.75) is 57.6 Å². The molecule has 1 saturated carbocycles. The van der Waals surface area contributed by atoms with E-state index in [0.29, 0.717) is 18.4 Å². The maximum atomic E-state index is 11.1. The van der Waals surface area contributed by atoms with Crippen molar-refractivity contribution in [2.75, 3.05) is 13.1 Å². The van der Waals surface area contributed by atoms with Gasteiger partial charge in [0, 0.05) is 19.5 Å². The molecule has 1 aromatic rings. The molecule has 4 nitrogen and oxygen atoms in total. The molecule has 1 aliphatic carbocycles. The lowest BCUT2D eigenvalue weighted by molar-refractivity contribution is -0.119. The minimum absolute atomic E-state index is 0.177. The fraction of sp³-hybridized carbons (Fsp3) is 0.632.